The normalized spacial score (nSPS) is 22.6. The zero-order valence-electron chi connectivity index (χ0n) is 11.7. The van der Waals surface area contributed by atoms with Gasteiger partial charge in [0.05, 0.1) is 5.92 Å². The number of carbonyl (C=O) groups excluding carboxylic acids is 1. The van der Waals surface area contributed by atoms with E-state index in [2.05, 4.69) is 21.2 Å². The van der Waals surface area contributed by atoms with Crippen molar-refractivity contribution in [1.29, 1.82) is 0 Å². The average Bonchev–Trinajstić information content (AvgIpc) is 2.87. The van der Waals surface area contributed by atoms with Gasteiger partial charge in [0.25, 0.3) is 5.91 Å². The third-order valence-corrected chi connectivity index (χ3v) is 4.10. The molecule has 21 heavy (non-hydrogen) atoms. The van der Waals surface area contributed by atoms with Crippen LogP contribution in [0.5, 0.6) is 5.75 Å². The number of ether oxygens (including phenoxy) is 1. The number of aliphatic carboxylic acids is 1. The molecule has 1 fully saturated rings. The van der Waals surface area contributed by atoms with E-state index in [4.69, 9.17) is 9.84 Å². The van der Waals surface area contributed by atoms with Gasteiger partial charge in [0.15, 0.2) is 6.10 Å². The molecule has 1 aliphatic rings. The van der Waals surface area contributed by atoms with Crippen LogP contribution >= 0.6 is 15.9 Å². The van der Waals surface area contributed by atoms with Crippen LogP contribution in [0.3, 0.4) is 0 Å². The molecule has 5 nitrogen and oxygen atoms in total. The van der Waals surface area contributed by atoms with Gasteiger partial charge in [0, 0.05) is 10.5 Å². The molecule has 2 N–H and O–H groups in total. The molecule has 0 bridgehead atoms. The Balaban J connectivity index is 1.84. The largest absolute Gasteiger partial charge is 0.481 e. The second kappa shape index (κ2) is 6.93. The van der Waals surface area contributed by atoms with E-state index in [1.54, 1.807) is 19.1 Å². The minimum atomic E-state index is -0.787. The van der Waals surface area contributed by atoms with E-state index in [9.17, 15) is 9.59 Å². The molecule has 2 rings (SSSR count). The van der Waals surface area contributed by atoms with E-state index >= 15 is 0 Å². The number of carboxylic acid groups (broad SMARTS) is 1. The molecular formula is C15H18BrNO4. The Kier molecular flexibility index (Phi) is 5.22. The van der Waals surface area contributed by atoms with Crippen molar-refractivity contribution in [3.8, 4) is 5.75 Å². The number of amides is 1. The summed E-state index contributed by atoms with van der Waals surface area (Å²) in [5, 5.41) is 11.8. The van der Waals surface area contributed by atoms with Crippen LogP contribution in [0, 0.1) is 5.92 Å². The van der Waals surface area contributed by atoms with Gasteiger partial charge in [-0.1, -0.05) is 22.0 Å². The summed E-state index contributed by atoms with van der Waals surface area (Å²) in [6.45, 7) is 1.68. The molecule has 114 valence electrons. The van der Waals surface area contributed by atoms with Crippen molar-refractivity contribution in [1.82, 2.24) is 5.32 Å². The summed E-state index contributed by atoms with van der Waals surface area (Å²) in [6, 6.07) is 7.21. The topological polar surface area (TPSA) is 75.6 Å². The molecule has 1 aromatic carbocycles. The molecule has 0 saturated heterocycles. The van der Waals surface area contributed by atoms with Crippen LogP contribution in [0.2, 0.25) is 0 Å². The Hall–Kier alpha value is -1.56. The van der Waals surface area contributed by atoms with Crippen molar-refractivity contribution in [2.24, 2.45) is 5.92 Å². The molecule has 0 spiro atoms. The summed E-state index contributed by atoms with van der Waals surface area (Å²) >= 11 is 3.34. The summed E-state index contributed by atoms with van der Waals surface area (Å²) in [6.07, 6.45) is 1.18. The maximum absolute atomic E-state index is 12.1. The molecule has 1 saturated carbocycles. The Labute approximate surface area is 131 Å². The summed E-state index contributed by atoms with van der Waals surface area (Å²) in [5.74, 6) is -0.741. The van der Waals surface area contributed by atoms with E-state index in [-0.39, 0.29) is 17.9 Å². The second-order valence-corrected chi connectivity index (χ2v) is 6.19. The van der Waals surface area contributed by atoms with Gasteiger partial charge in [0.1, 0.15) is 5.75 Å². The molecule has 3 atom stereocenters. The fourth-order valence-corrected chi connectivity index (χ4v) is 2.83. The number of hydrogen-bond donors (Lipinski definition) is 2. The van der Waals surface area contributed by atoms with E-state index in [1.165, 1.54) is 0 Å². The first-order valence-electron chi connectivity index (χ1n) is 6.91. The predicted octanol–water partition coefficient (Wildman–Crippen LogP) is 2.59. The molecule has 1 aromatic rings. The van der Waals surface area contributed by atoms with Crippen molar-refractivity contribution in [3.63, 3.8) is 0 Å². The quantitative estimate of drug-likeness (QED) is 0.850. The summed E-state index contributed by atoms with van der Waals surface area (Å²) < 4.78 is 6.47. The first-order chi connectivity index (χ1) is 9.95. The Morgan fingerprint density at radius 1 is 1.43 bits per heavy atom. The maximum atomic E-state index is 12.1. The van der Waals surface area contributed by atoms with Crippen molar-refractivity contribution in [2.45, 2.75) is 38.3 Å². The highest BCUT2D eigenvalue weighted by Gasteiger charge is 2.31. The number of rotatable bonds is 5. The molecule has 0 aliphatic heterocycles. The lowest BCUT2D eigenvalue weighted by Crippen LogP contribution is -2.41. The number of hydrogen-bond acceptors (Lipinski definition) is 3. The monoisotopic (exact) mass is 355 g/mol. The average molecular weight is 356 g/mol. The lowest BCUT2D eigenvalue weighted by molar-refractivity contribution is -0.141. The van der Waals surface area contributed by atoms with Crippen LogP contribution in [0.25, 0.3) is 0 Å². The first kappa shape index (κ1) is 15.8. The maximum Gasteiger partial charge on any atom is 0.306 e. The summed E-state index contributed by atoms with van der Waals surface area (Å²) in [5.41, 5.74) is 0. The third kappa shape index (κ3) is 4.46. The predicted molar refractivity (Wildman–Crippen MR) is 81.1 cm³/mol. The van der Waals surface area contributed by atoms with Gasteiger partial charge in [-0.3, -0.25) is 9.59 Å². The Morgan fingerprint density at radius 3 is 2.81 bits per heavy atom. The van der Waals surface area contributed by atoms with Gasteiger partial charge in [-0.25, -0.2) is 0 Å². The van der Waals surface area contributed by atoms with E-state index in [0.717, 1.165) is 4.47 Å². The highest BCUT2D eigenvalue weighted by molar-refractivity contribution is 9.10. The number of carboxylic acids is 1. The standard InChI is InChI=1S/C15H18BrNO4/c1-9(21-13-4-2-3-11(16)8-13)14(18)17-12-6-5-10(7-12)15(19)20/h2-4,8-10,12H,5-7H2,1H3,(H,17,18)(H,19,20)/t9?,10-,12+/m0/s1. The minimum Gasteiger partial charge on any atom is -0.481 e. The van der Waals surface area contributed by atoms with Crippen LogP contribution in [0.1, 0.15) is 26.2 Å². The molecule has 6 heteroatoms. The van der Waals surface area contributed by atoms with Gasteiger partial charge in [-0.2, -0.15) is 0 Å². The van der Waals surface area contributed by atoms with E-state index in [1.807, 2.05) is 12.1 Å². The summed E-state index contributed by atoms with van der Waals surface area (Å²) in [7, 11) is 0. The third-order valence-electron chi connectivity index (χ3n) is 3.61. The van der Waals surface area contributed by atoms with Crippen LogP contribution < -0.4 is 10.1 Å². The van der Waals surface area contributed by atoms with Crippen molar-refractivity contribution in [3.05, 3.63) is 28.7 Å². The van der Waals surface area contributed by atoms with Gasteiger partial charge >= 0.3 is 5.97 Å². The van der Waals surface area contributed by atoms with Gasteiger partial charge in [0.2, 0.25) is 0 Å². The number of carbonyl (C=O) groups is 2. The van der Waals surface area contributed by atoms with Crippen molar-refractivity contribution < 1.29 is 19.4 Å². The fourth-order valence-electron chi connectivity index (χ4n) is 2.45. The van der Waals surface area contributed by atoms with Crippen molar-refractivity contribution >= 4 is 27.8 Å². The number of halogens is 1. The molecule has 1 unspecified atom stereocenters. The molecule has 0 heterocycles. The molecular weight excluding hydrogens is 338 g/mol. The lowest BCUT2D eigenvalue weighted by Gasteiger charge is -2.18. The minimum absolute atomic E-state index is 0.0767. The van der Waals surface area contributed by atoms with Gasteiger partial charge in [-0.15, -0.1) is 0 Å². The molecule has 1 aliphatic carbocycles. The zero-order valence-corrected chi connectivity index (χ0v) is 13.3. The summed E-state index contributed by atoms with van der Waals surface area (Å²) in [4.78, 5) is 23.0. The van der Waals surface area contributed by atoms with Crippen molar-refractivity contribution in [2.75, 3.05) is 0 Å². The Morgan fingerprint density at radius 2 is 2.19 bits per heavy atom. The molecule has 0 radical (unpaired) electrons. The van der Waals surface area contributed by atoms with Gasteiger partial charge in [-0.05, 0) is 44.4 Å². The van der Waals surface area contributed by atoms with Crippen LogP contribution in [0.15, 0.2) is 28.7 Å². The SMILES string of the molecule is CC(Oc1cccc(Br)c1)C(=O)N[C@@H]1CC[C@H](C(=O)O)C1. The van der Waals surface area contributed by atoms with Crippen LogP contribution in [-0.4, -0.2) is 29.1 Å². The first-order valence-corrected chi connectivity index (χ1v) is 7.70. The number of benzene rings is 1. The highest BCUT2D eigenvalue weighted by Crippen LogP contribution is 2.26. The lowest BCUT2D eigenvalue weighted by atomic mass is 10.1. The van der Waals surface area contributed by atoms with Gasteiger partial charge < -0.3 is 15.2 Å². The zero-order chi connectivity index (χ0) is 15.4. The highest BCUT2D eigenvalue weighted by atomic mass is 79.9. The van der Waals surface area contributed by atoms with Crippen LogP contribution in [-0.2, 0) is 9.59 Å². The second-order valence-electron chi connectivity index (χ2n) is 5.27. The number of nitrogens with one attached hydrogen (secondary N) is 1. The van der Waals surface area contributed by atoms with E-state index < -0.39 is 12.1 Å². The Bertz CT molecular complexity index is 534. The smallest absolute Gasteiger partial charge is 0.306 e. The van der Waals surface area contributed by atoms with E-state index in [0.29, 0.717) is 25.0 Å². The van der Waals surface area contributed by atoms with Crippen LogP contribution in [0.4, 0.5) is 0 Å². The fraction of sp³-hybridized carbons (Fsp3) is 0.467. The molecule has 0 aromatic heterocycles. The molecule has 1 amide bonds.